The van der Waals surface area contributed by atoms with Crippen molar-refractivity contribution in [3.05, 3.63) is 0 Å². The summed E-state index contributed by atoms with van der Waals surface area (Å²) in [5.41, 5.74) is 0. The number of phosphoric ester groups is 2. The predicted octanol–water partition coefficient (Wildman–Crippen LogP) is -11.6. The van der Waals surface area contributed by atoms with Gasteiger partial charge in [0.2, 0.25) is 5.79 Å². The molecule has 12 nitrogen and oxygen atoms in total. The first-order valence-electron chi connectivity index (χ1n) is 5.00. The van der Waals surface area contributed by atoms with E-state index in [4.69, 9.17) is 19.6 Å². The van der Waals surface area contributed by atoms with E-state index in [2.05, 4.69) is 13.8 Å². The molecule has 0 aromatic carbocycles. The molecule has 1 aliphatic heterocycles. The molecule has 1 heterocycles. The monoisotopic (exact) mass is 412 g/mol. The van der Waals surface area contributed by atoms with Crippen LogP contribution in [0.1, 0.15) is 4.28 Å². The second kappa shape index (κ2) is 11.8. The van der Waals surface area contributed by atoms with Crippen molar-refractivity contribution < 1.29 is 151 Å². The zero-order chi connectivity index (χ0) is 15.8. The van der Waals surface area contributed by atoms with Crippen LogP contribution in [0.2, 0.25) is 0 Å². The van der Waals surface area contributed by atoms with Crippen LogP contribution in [0.4, 0.5) is 0 Å². The third-order valence-electron chi connectivity index (χ3n) is 2.37. The van der Waals surface area contributed by atoms with Crippen LogP contribution < -0.4 is 88.7 Å². The first-order chi connectivity index (χ1) is 8.84. The van der Waals surface area contributed by atoms with Gasteiger partial charge in [-0.15, -0.1) is 0 Å². The van der Waals surface area contributed by atoms with E-state index in [1.54, 1.807) is 0 Å². The van der Waals surface area contributed by atoms with Crippen molar-refractivity contribution in [1.82, 2.24) is 0 Å². The molecule has 4 atom stereocenters. The third-order valence-corrected chi connectivity index (χ3v) is 3.32. The normalized spacial score (nSPS) is 30.8. The Labute approximate surface area is 201 Å². The van der Waals surface area contributed by atoms with Crippen LogP contribution in [-0.2, 0) is 22.9 Å². The van der Waals surface area contributed by atoms with Gasteiger partial charge >= 0.3 is 104 Å². The molecule has 23 heavy (non-hydrogen) atoms. The standard InChI is InChI=1S/C6H14O12P2.3Na.3H/c7-4-3(1-16-19(10,11)12)18-6(9,5(4)8)2-17-20(13,14)15;;;;;;/h3-5,7-9H,1-2H2,(H2,10,11,12)(H2,13,14,15);;;;;;/q;3*+1;3*-1/t3-,4-,5+,6-;;;;;;/m1....../s1. The predicted molar refractivity (Wildman–Crippen MR) is 61.2 cm³/mol. The van der Waals surface area contributed by atoms with Crippen LogP contribution >= 0.6 is 15.6 Å². The zero-order valence-corrected chi connectivity index (χ0v) is 20.5. The molecule has 0 saturated carbocycles. The van der Waals surface area contributed by atoms with Gasteiger partial charge in [-0.25, -0.2) is 9.13 Å². The molecule has 7 N–H and O–H groups in total. The molecule has 0 spiro atoms. The molecule has 1 fully saturated rings. The quantitative estimate of drug-likeness (QED) is 0.161. The van der Waals surface area contributed by atoms with Crippen molar-refractivity contribution in [3.63, 3.8) is 0 Å². The molecule has 0 unspecified atom stereocenters. The Morgan fingerprint density at radius 3 is 1.83 bits per heavy atom. The Bertz CT molecular complexity index is 454. The van der Waals surface area contributed by atoms with Crippen LogP contribution in [0, 0.1) is 0 Å². The maximum atomic E-state index is 10.5. The molecule has 0 aromatic rings. The smallest absolute Gasteiger partial charge is 1.00 e. The van der Waals surface area contributed by atoms with E-state index in [1.807, 2.05) is 0 Å². The van der Waals surface area contributed by atoms with E-state index in [9.17, 15) is 24.4 Å². The maximum absolute atomic E-state index is 10.5. The van der Waals surface area contributed by atoms with Crippen LogP contribution in [0.15, 0.2) is 0 Å². The second-order valence-electron chi connectivity index (χ2n) is 3.99. The molecule has 0 bridgehead atoms. The van der Waals surface area contributed by atoms with Crippen molar-refractivity contribution in [2.24, 2.45) is 0 Å². The van der Waals surface area contributed by atoms with E-state index < -0.39 is 53.0 Å². The van der Waals surface area contributed by atoms with Crippen LogP contribution in [0.25, 0.3) is 0 Å². The largest absolute Gasteiger partial charge is 1.00 e. The average Bonchev–Trinajstić information content (AvgIpc) is 2.48. The molecular formula is C6H17Na3O12P2. The zero-order valence-electron chi connectivity index (χ0n) is 15.7. The van der Waals surface area contributed by atoms with E-state index in [-0.39, 0.29) is 93.0 Å². The first-order valence-corrected chi connectivity index (χ1v) is 8.07. The number of rotatable bonds is 6. The summed E-state index contributed by atoms with van der Waals surface area (Å²) in [5.74, 6) is -2.66. The van der Waals surface area contributed by atoms with Gasteiger partial charge in [-0.1, -0.05) is 0 Å². The number of hydrogen-bond donors (Lipinski definition) is 7. The SMILES string of the molecule is O=P(O)(O)OC[C@H]1O[C@](O)(COP(=O)(O)O)[C@@H](O)[C@@H]1O.[H-].[H-].[H-].[Na+].[Na+].[Na+]. The van der Waals surface area contributed by atoms with Gasteiger partial charge in [-0.3, -0.25) is 9.05 Å². The molecule has 1 aliphatic rings. The van der Waals surface area contributed by atoms with Crippen molar-refractivity contribution in [2.45, 2.75) is 24.1 Å². The Balaban J connectivity index is -0.000000167. The van der Waals surface area contributed by atoms with Gasteiger partial charge in [0.05, 0.1) is 6.61 Å². The van der Waals surface area contributed by atoms with E-state index in [0.717, 1.165) is 0 Å². The minimum absolute atomic E-state index is 0. The topological polar surface area (TPSA) is 203 Å². The molecule has 0 amide bonds. The van der Waals surface area contributed by atoms with Crippen molar-refractivity contribution >= 4 is 15.6 Å². The Morgan fingerprint density at radius 1 is 1.00 bits per heavy atom. The Kier molecular flexibility index (Phi) is 15.8. The summed E-state index contributed by atoms with van der Waals surface area (Å²) in [6.45, 7) is -2.05. The fraction of sp³-hybridized carbons (Fsp3) is 1.00. The number of hydrogen-bond acceptors (Lipinski definition) is 8. The van der Waals surface area contributed by atoms with Crippen molar-refractivity contribution in [1.29, 1.82) is 0 Å². The maximum Gasteiger partial charge on any atom is 1.00 e. The van der Waals surface area contributed by atoms with Crippen molar-refractivity contribution in [3.8, 4) is 0 Å². The second-order valence-corrected chi connectivity index (χ2v) is 6.47. The summed E-state index contributed by atoms with van der Waals surface area (Å²) in [6, 6.07) is 0. The molecular weight excluding hydrogens is 395 g/mol. The van der Waals surface area contributed by atoms with Gasteiger partial charge in [0.25, 0.3) is 0 Å². The molecule has 17 heteroatoms. The summed E-state index contributed by atoms with van der Waals surface area (Å²) in [5, 5.41) is 28.8. The minimum Gasteiger partial charge on any atom is -1.00 e. The van der Waals surface area contributed by atoms with E-state index >= 15 is 0 Å². The van der Waals surface area contributed by atoms with Crippen molar-refractivity contribution in [2.75, 3.05) is 13.2 Å². The van der Waals surface area contributed by atoms with E-state index in [0.29, 0.717) is 0 Å². The molecule has 0 radical (unpaired) electrons. The molecule has 1 saturated heterocycles. The van der Waals surface area contributed by atoms with E-state index in [1.165, 1.54) is 0 Å². The Morgan fingerprint density at radius 2 is 1.43 bits per heavy atom. The van der Waals surface area contributed by atoms with Gasteiger partial charge < -0.3 is 43.9 Å². The minimum atomic E-state index is -4.96. The summed E-state index contributed by atoms with van der Waals surface area (Å²) < 4.78 is 33.6. The fourth-order valence-corrected chi connectivity index (χ4v) is 2.17. The summed E-state index contributed by atoms with van der Waals surface area (Å²) in [4.78, 5) is 33.9. The van der Waals surface area contributed by atoms with Gasteiger partial charge in [0.1, 0.15) is 24.9 Å². The summed E-state index contributed by atoms with van der Waals surface area (Å²) in [7, 11) is -9.82. The van der Waals surface area contributed by atoms with Gasteiger partial charge in [-0.05, 0) is 0 Å². The van der Waals surface area contributed by atoms with Crippen LogP contribution in [-0.4, -0.2) is 72.2 Å². The average molecular weight is 412 g/mol. The fourth-order valence-electron chi connectivity index (χ4n) is 1.47. The molecule has 126 valence electrons. The molecule has 0 aliphatic carbocycles. The number of ether oxygens (including phenoxy) is 1. The molecule has 0 aromatic heterocycles. The van der Waals surface area contributed by atoms with Gasteiger partial charge in [0, 0.05) is 0 Å². The third kappa shape index (κ3) is 10.8. The summed E-state index contributed by atoms with van der Waals surface area (Å²) in [6.07, 6.45) is -5.38. The number of aliphatic hydroxyl groups excluding tert-OH is 2. The van der Waals surface area contributed by atoms with Crippen LogP contribution in [0.3, 0.4) is 0 Å². The number of aliphatic hydroxyl groups is 3. The van der Waals surface area contributed by atoms with Gasteiger partial charge in [0.15, 0.2) is 0 Å². The summed E-state index contributed by atoms with van der Waals surface area (Å²) >= 11 is 0. The van der Waals surface area contributed by atoms with Crippen LogP contribution in [0.5, 0.6) is 0 Å². The first kappa shape index (κ1) is 30.8. The number of phosphoric acid groups is 2. The molecule has 1 rings (SSSR count). The van der Waals surface area contributed by atoms with Gasteiger partial charge in [-0.2, -0.15) is 0 Å². The Hall–Kier alpha value is 3.06.